The number of aliphatic hydroxyl groups is 1. The molecule has 0 aromatic heterocycles. The topological polar surface area (TPSA) is 55.8 Å². The van der Waals surface area contributed by atoms with Crippen LogP contribution in [0.25, 0.3) is 0 Å². The Kier molecular flexibility index (Phi) is 6.71. The molecular weight excluding hydrogens is 338 g/mol. The van der Waals surface area contributed by atoms with E-state index >= 15 is 0 Å². The number of hydrogen-bond donors (Lipinski definition) is 2. The molecule has 0 aliphatic carbocycles. The number of hydrogen-bond acceptors (Lipinski definition) is 3. The number of piperidine rings is 1. The van der Waals surface area contributed by atoms with E-state index in [2.05, 4.69) is 22.3 Å². The maximum atomic E-state index is 12.4. The number of rotatable bonds is 6. The number of nitrogens with one attached hydrogen (secondary N) is 1. The van der Waals surface area contributed by atoms with Gasteiger partial charge in [-0.3, -0.25) is 0 Å². The lowest BCUT2D eigenvalue weighted by molar-refractivity contribution is 0.0666. The first-order chi connectivity index (χ1) is 13.1. The fourth-order valence-electron chi connectivity index (χ4n) is 3.59. The van der Waals surface area contributed by atoms with Gasteiger partial charge >= 0.3 is 6.03 Å². The number of urea groups is 1. The summed E-state index contributed by atoms with van der Waals surface area (Å²) in [5, 5.41) is 13.6. The van der Waals surface area contributed by atoms with Gasteiger partial charge in [-0.05, 0) is 36.5 Å². The largest absolute Gasteiger partial charge is 0.388 e. The monoisotopic (exact) mass is 367 g/mol. The predicted octanol–water partition coefficient (Wildman–Crippen LogP) is 3.28. The van der Waals surface area contributed by atoms with E-state index in [4.69, 9.17) is 0 Å². The highest BCUT2D eigenvalue weighted by Crippen LogP contribution is 2.30. The quantitative estimate of drug-likeness (QED) is 0.824. The van der Waals surface area contributed by atoms with Crippen LogP contribution in [-0.2, 0) is 0 Å². The van der Waals surface area contributed by atoms with E-state index in [1.54, 1.807) is 0 Å². The number of likely N-dealkylation sites (N-methyl/N-ethyl adjacent to an activating group) is 1. The SMILES string of the molecule is CN(CCNC(=O)N1CCC(C(O)c2ccccc2)CC1)c1ccccc1. The average Bonchev–Trinajstić information content (AvgIpc) is 2.74. The van der Waals surface area contributed by atoms with Crippen molar-refractivity contribution in [2.45, 2.75) is 18.9 Å². The number of nitrogens with zero attached hydrogens (tertiary/aromatic N) is 2. The maximum Gasteiger partial charge on any atom is 0.317 e. The molecule has 2 amide bonds. The van der Waals surface area contributed by atoms with Gasteiger partial charge in [0.2, 0.25) is 0 Å². The molecule has 1 heterocycles. The van der Waals surface area contributed by atoms with Gasteiger partial charge in [0.15, 0.2) is 0 Å². The van der Waals surface area contributed by atoms with Crippen molar-refractivity contribution >= 4 is 11.7 Å². The van der Waals surface area contributed by atoms with Gasteiger partial charge in [0, 0.05) is 38.9 Å². The number of carbonyl (C=O) groups is 1. The molecule has 2 aromatic carbocycles. The predicted molar refractivity (Wildman–Crippen MR) is 109 cm³/mol. The van der Waals surface area contributed by atoms with Gasteiger partial charge in [-0.25, -0.2) is 4.79 Å². The Morgan fingerprint density at radius 3 is 2.33 bits per heavy atom. The Bertz CT molecular complexity index is 700. The van der Waals surface area contributed by atoms with Gasteiger partial charge in [-0.2, -0.15) is 0 Å². The van der Waals surface area contributed by atoms with Crippen LogP contribution in [0.2, 0.25) is 0 Å². The first kappa shape index (κ1) is 19.2. The van der Waals surface area contributed by atoms with Gasteiger partial charge in [0.25, 0.3) is 0 Å². The Morgan fingerprint density at radius 2 is 1.70 bits per heavy atom. The van der Waals surface area contributed by atoms with Gasteiger partial charge in [-0.15, -0.1) is 0 Å². The second-order valence-corrected chi connectivity index (χ2v) is 7.17. The van der Waals surface area contributed by atoms with E-state index < -0.39 is 6.10 Å². The minimum Gasteiger partial charge on any atom is -0.388 e. The molecule has 0 saturated carbocycles. The summed E-state index contributed by atoms with van der Waals surface area (Å²) in [5.74, 6) is 0.209. The highest BCUT2D eigenvalue weighted by atomic mass is 16.3. The summed E-state index contributed by atoms with van der Waals surface area (Å²) in [4.78, 5) is 16.4. The molecule has 0 spiro atoms. The molecule has 0 radical (unpaired) electrons. The van der Waals surface area contributed by atoms with Gasteiger partial charge < -0.3 is 20.2 Å². The maximum absolute atomic E-state index is 12.4. The second kappa shape index (κ2) is 9.42. The third-order valence-electron chi connectivity index (χ3n) is 5.33. The summed E-state index contributed by atoms with van der Waals surface area (Å²) in [5.41, 5.74) is 2.10. The summed E-state index contributed by atoms with van der Waals surface area (Å²) < 4.78 is 0. The van der Waals surface area contributed by atoms with Crippen LogP contribution in [0.1, 0.15) is 24.5 Å². The summed E-state index contributed by atoms with van der Waals surface area (Å²) in [6.45, 7) is 2.75. The van der Waals surface area contributed by atoms with Gasteiger partial charge in [0.1, 0.15) is 0 Å². The lowest BCUT2D eigenvalue weighted by Gasteiger charge is -2.34. The first-order valence-electron chi connectivity index (χ1n) is 9.67. The molecule has 2 N–H and O–H groups in total. The lowest BCUT2D eigenvalue weighted by atomic mass is 9.87. The van der Waals surface area contributed by atoms with Crippen LogP contribution in [0.15, 0.2) is 60.7 Å². The molecule has 5 heteroatoms. The van der Waals surface area contributed by atoms with Crippen molar-refractivity contribution in [1.29, 1.82) is 0 Å². The molecule has 1 aliphatic heterocycles. The Morgan fingerprint density at radius 1 is 1.11 bits per heavy atom. The number of aliphatic hydroxyl groups excluding tert-OH is 1. The highest BCUT2D eigenvalue weighted by molar-refractivity contribution is 5.74. The summed E-state index contributed by atoms with van der Waals surface area (Å²) in [6.07, 6.45) is 1.21. The molecule has 1 saturated heterocycles. The number of para-hydroxylation sites is 1. The summed E-state index contributed by atoms with van der Waals surface area (Å²) in [6, 6.07) is 19.9. The molecule has 144 valence electrons. The summed E-state index contributed by atoms with van der Waals surface area (Å²) >= 11 is 0. The number of carbonyl (C=O) groups excluding carboxylic acids is 1. The Hall–Kier alpha value is -2.53. The number of amides is 2. The average molecular weight is 367 g/mol. The van der Waals surface area contributed by atoms with Crippen molar-refractivity contribution in [3.63, 3.8) is 0 Å². The van der Waals surface area contributed by atoms with Crippen LogP contribution in [0.5, 0.6) is 0 Å². The van der Waals surface area contributed by atoms with Crippen LogP contribution >= 0.6 is 0 Å². The molecule has 1 aliphatic rings. The number of anilines is 1. The van der Waals surface area contributed by atoms with Crippen LogP contribution in [0, 0.1) is 5.92 Å². The number of likely N-dealkylation sites (tertiary alicyclic amines) is 1. The minimum atomic E-state index is -0.448. The molecule has 2 aromatic rings. The van der Waals surface area contributed by atoms with Crippen molar-refractivity contribution in [2.24, 2.45) is 5.92 Å². The zero-order chi connectivity index (χ0) is 19.1. The third kappa shape index (κ3) is 5.23. The van der Waals surface area contributed by atoms with Gasteiger partial charge in [-0.1, -0.05) is 48.5 Å². The standard InChI is InChI=1S/C22H29N3O2/c1-24(20-10-6-3-7-11-20)17-14-23-22(27)25-15-12-19(13-16-25)21(26)18-8-4-2-5-9-18/h2-11,19,21,26H,12-17H2,1H3,(H,23,27). The lowest BCUT2D eigenvalue weighted by Crippen LogP contribution is -2.46. The Balaban J connectivity index is 1.39. The highest BCUT2D eigenvalue weighted by Gasteiger charge is 2.28. The fourth-order valence-corrected chi connectivity index (χ4v) is 3.59. The van der Waals surface area contributed by atoms with E-state index in [1.807, 2.05) is 60.5 Å². The van der Waals surface area contributed by atoms with Crippen molar-refractivity contribution in [3.8, 4) is 0 Å². The molecule has 1 fully saturated rings. The molecule has 1 unspecified atom stereocenters. The molecule has 3 rings (SSSR count). The van der Waals surface area contributed by atoms with Gasteiger partial charge in [0.05, 0.1) is 6.10 Å². The fraction of sp³-hybridized carbons (Fsp3) is 0.409. The molecule has 0 bridgehead atoms. The van der Waals surface area contributed by atoms with Crippen LogP contribution in [0.4, 0.5) is 10.5 Å². The second-order valence-electron chi connectivity index (χ2n) is 7.17. The smallest absolute Gasteiger partial charge is 0.317 e. The van der Waals surface area contributed by atoms with Crippen molar-refractivity contribution in [1.82, 2.24) is 10.2 Å². The van der Waals surface area contributed by atoms with E-state index in [1.165, 1.54) is 0 Å². The molecule has 27 heavy (non-hydrogen) atoms. The normalized spacial score (nSPS) is 16.0. The van der Waals surface area contributed by atoms with E-state index in [9.17, 15) is 9.90 Å². The zero-order valence-corrected chi connectivity index (χ0v) is 15.9. The zero-order valence-electron chi connectivity index (χ0n) is 15.9. The Labute approximate surface area is 161 Å². The minimum absolute atomic E-state index is 0.0101. The van der Waals surface area contributed by atoms with Crippen LogP contribution < -0.4 is 10.2 Å². The van der Waals surface area contributed by atoms with E-state index in [0.29, 0.717) is 19.6 Å². The first-order valence-corrected chi connectivity index (χ1v) is 9.67. The third-order valence-corrected chi connectivity index (χ3v) is 5.33. The van der Waals surface area contributed by atoms with E-state index in [0.717, 1.165) is 30.6 Å². The molecule has 1 atom stereocenters. The number of benzene rings is 2. The van der Waals surface area contributed by atoms with Crippen LogP contribution in [-0.4, -0.2) is 49.3 Å². The molecule has 5 nitrogen and oxygen atoms in total. The van der Waals surface area contributed by atoms with Crippen molar-refractivity contribution < 1.29 is 9.90 Å². The van der Waals surface area contributed by atoms with Crippen LogP contribution in [0.3, 0.4) is 0 Å². The molecular formula is C22H29N3O2. The van der Waals surface area contributed by atoms with E-state index in [-0.39, 0.29) is 11.9 Å². The summed E-state index contributed by atoms with van der Waals surface area (Å²) in [7, 11) is 2.03. The van der Waals surface area contributed by atoms with Crippen molar-refractivity contribution in [2.75, 3.05) is 38.1 Å². The van der Waals surface area contributed by atoms with Crippen molar-refractivity contribution in [3.05, 3.63) is 66.2 Å².